The first kappa shape index (κ1) is 31.8. The van der Waals surface area contributed by atoms with E-state index in [-0.39, 0.29) is 75.3 Å². The molecule has 1 atom stereocenters. The third-order valence-electron chi connectivity index (χ3n) is 6.06. The predicted octanol–water partition coefficient (Wildman–Crippen LogP) is -2.74. The molecule has 0 aliphatic carbocycles. The first-order valence-electron chi connectivity index (χ1n) is 12.9. The Hall–Kier alpha value is -4.37. The molecule has 2 aliphatic heterocycles. The fourth-order valence-corrected chi connectivity index (χ4v) is 3.78. The second-order valence-corrected chi connectivity index (χ2v) is 9.52. The maximum atomic E-state index is 12.3. The van der Waals surface area contributed by atoms with E-state index in [0.29, 0.717) is 5.06 Å². The van der Waals surface area contributed by atoms with E-state index in [2.05, 4.69) is 26.1 Å². The molecule has 2 saturated heterocycles. The number of hydrogen-bond acceptors (Lipinski definition) is 10. The lowest BCUT2D eigenvalue weighted by Crippen LogP contribution is -2.44. The molecule has 0 bridgehead atoms. The minimum absolute atomic E-state index is 0.00148. The van der Waals surface area contributed by atoms with Crippen molar-refractivity contribution in [3.8, 4) is 0 Å². The van der Waals surface area contributed by atoms with Crippen LogP contribution < -0.4 is 21.3 Å². The summed E-state index contributed by atoms with van der Waals surface area (Å²) in [6, 6.07) is 0. The van der Waals surface area contributed by atoms with Gasteiger partial charge < -0.3 is 26.1 Å². The largest absolute Gasteiger partial charge is 0.354 e. The smallest absolute Gasteiger partial charge is 0.334 e. The van der Waals surface area contributed by atoms with E-state index in [1.807, 2.05) is 13.8 Å². The Morgan fingerprint density at radius 1 is 0.775 bits per heavy atom. The number of imide groups is 2. The van der Waals surface area contributed by atoms with E-state index in [0.717, 1.165) is 0 Å². The van der Waals surface area contributed by atoms with Crippen LogP contribution in [0.1, 0.15) is 52.4 Å². The quantitative estimate of drug-likeness (QED) is 0.150. The van der Waals surface area contributed by atoms with Crippen molar-refractivity contribution in [2.45, 2.75) is 52.4 Å². The highest BCUT2D eigenvalue weighted by Gasteiger charge is 2.39. The molecule has 220 valence electrons. The SMILES string of the molecule is CC(C)C1CC(=O)N(CCCC(=O)NCC(=O)NCC(=O)NCC(=O)NCCC(=O)ON2C(=O)CCC2=O)C1=O. The Bertz CT molecular complexity index is 1040. The average Bonchev–Trinajstić information content (AvgIpc) is 3.37. The predicted molar refractivity (Wildman–Crippen MR) is 133 cm³/mol. The number of amides is 8. The van der Waals surface area contributed by atoms with Crippen LogP contribution >= 0.6 is 0 Å². The van der Waals surface area contributed by atoms with E-state index in [1.165, 1.54) is 4.90 Å². The van der Waals surface area contributed by atoms with Gasteiger partial charge in [-0.1, -0.05) is 13.8 Å². The topological polar surface area (TPSA) is 217 Å². The maximum absolute atomic E-state index is 12.3. The van der Waals surface area contributed by atoms with Gasteiger partial charge in [-0.05, 0) is 12.3 Å². The first-order chi connectivity index (χ1) is 18.9. The minimum atomic E-state index is -0.890. The van der Waals surface area contributed by atoms with Gasteiger partial charge >= 0.3 is 5.97 Å². The van der Waals surface area contributed by atoms with Gasteiger partial charge in [-0.15, -0.1) is 5.06 Å². The summed E-state index contributed by atoms with van der Waals surface area (Å²) >= 11 is 0. The highest BCUT2D eigenvalue weighted by Crippen LogP contribution is 2.26. The summed E-state index contributed by atoms with van der Waals surface area (Å²) in [5.41, 5.74) is 0. The summed E-state index contributed by atoms with van der Waals surface area (Å²) < 4.78 is 0. The van der Waals surface area contributed by atoms with Crippen molar-refractivity contribution in [3.05, 3.63) is 0 Å². The van der Waals surface area contributed by atoms with E-state index < -0.39 is 61.0 Å². The molecule has 0 aromatic heterocycles. The van der Waals surface area contributed by atoms with Gasteiger partial charge in [-0.3, -0.25) is 43.3 Å². The zero-order valence-corrected chi connectivity index (χ0v) is 22.4. The highest BCUT2D eigenvalue weighted by atomic mass is 16.7. The number of likely N-dealkylation sites (tertiary alicyclic amines) is 1. The number of hydroxylamine groups is 2. The first-order valence-corrected chi connectivity index (χ1v) is 12.9. The number of nitrogens with one attached hydrogen (secondary N) is 4. The summed E-state index contributed by atoms with van der Waals surface area (Å²) in [4.78, 5) is 112. The van der Waals surface area contributed by atoms with Crippen molar-refractivity contribution < 1.29 is 48.0 Å². The second kappa shape index (κ2) is 15.3. The highest BCUT2D eigenvalue weighted by molar-refractivity contribution is 6.03. The maximum Gasteiger partial charge on any atom is 0.334 e. The van der Waals surface area contributed by atoms with Crippen molar-refractivity contribution in [1.82, 2.24) is 31.2 Å². The molecule has 2 aliphatic rings. The molecule has 4 N–H and O–H groups in total. The Balaban J connectivity index is 1.51. The van der Waals surface area contributed by atoms with E-state index in [4.69, 9.17) is 0 Å². The van der Waals surface area contributed by atoms with Gasteiger partial charge in [-0.25, -0.2) is 4.79 Å². The Morgan fingerprint density at radius 3 is 1.82 bits per heavy atom. The molecule has 16 heteroatoms. The van der Waals surface area contributed by atoms with Crippen LogP contribution in [0.5, 0.6) is 0 Å². The van der Waals surface area contributed by atoms with Crippen molar-refractivity contribution in [1.29, 1.82) is 0 Å². The molecule has 40 heavy (non-hydrogen) atoms. The normalized spacial score (nSPS) is 16.8. The zero-order chi connectivity index (χ0) is 29.8. The van der Waals surface area contributed by atoms with Gasteiger partial charge in [0.2, 0.25) is 35.4 Å². The number of carbonyl (C=O) groups is 9. The average molecular weight is 567 g/mol. The second-order valence-electron chi connectivity index (χ2n) is 9.52. The van der Waals surface area contributed by atoms with Gasteiger partial charge in [0, 0.05) is 44.7 Å². The zero-order valence-electron chi connectivity index (χ0n) is 22.4. The van der Waals surface area contributed by atoms with Gasteiger partial charge in [0.1, 0.15) is 0 Å². The molecule has 16 nitrogen and oxygen atoms in total. The summed E-state index contributed by atoms with van der Waals surface area (Å²) in [6.45, 7) is 2.41. The van der Waals surface area contributed by atoms with E-state index >= 15 is 0 Å². The molecule has 0 aromatic carbocycles. The van der Waals surface area contributed by atoms with Crippen LogP contribution in [-0.4, -0.2) is 95.9 Å². The summed E-state index contributed by atoms with van der Waals surface area (Å²) in [6.07, 6.45) is 0.0293. The van der Waals surface area contributed by atoms with Gasteiger partial charge in [0.05, 0.1) is 26.1 Å². The lowest BCUT2D eigenvalue weighted by Gasteiger charge is -2.16. The molecule has 2 fully saturated rings. The molecule has 0 radical (unpaired) electrons. The summed E-state index contributed by atoms with van der Waals surface area (Å²) in [5.74, 6) is -5.33. The molecular formula is C24H34N6O10. The number of rotatable bonds is 15. The molecule has 0 saturated carbocycles. The van der Waals surface area contributed by atoms with E-state index in [9.17, 15) is 43.2 Å². The van der Waals surface area contributed by atoms with Gasteiger partial charge in [0.15, 0.2) is 0 Å². The number of carbonyl (C=O) groups excluding carboxylic acids is 9. The monoisotopic (exact) mass is 566 g/mol. The molecule has 2 rings (SSSR count). The molecule has 2 heterocycles. The van der Waals surface area contributed by atoms with Crippen LogP contribution in [0.2, 0.25) is 0 Å². The standard InChI is InChI=1S/C24H34N6O10/c1-14(2)15-10-22(37)29(24(15)39)9-3-4-16(31)26-12-18(33)28-13-19(34)27-11-17(32)25-8-7-23(38)40-30-20(35)5-6-21(30)36/h14-15H,3-13H2,1-2H3,(H,25,32)(H,26,31)(H,27,34)(H,28,33). The van der Waals surface area contributed by atoms with Crippen molar-refractivity contribution >= 4 is 53.2 Å². The van der Waals surface area contributed by atoms with Gasteiger partial charge in [0.25, 0.3) is 11.8 Å². The summed E-state index contributed by atoms with van der Waals surface area (Å²) in [5, 5.41) is 9.65. The lowest BCUT2D eigenvalue weighted by atomic mass is 9.94. The molecule has 0 aromatic rings. The fraction of sp³-hybridized carbons (Fsp3) is 0.625. The Labute approximate surface area is 229 Å². The summed E-state index contributed by atoms with van der Waals surface area (Å²) in [7, 11) is 0. The fourth-order valence-electron chi connectivity index (χ4n) is 3.78. The van der Waals surface area contributed by atoms with Crippen molar-refractivity contribution in [3.63, 3.8) is 0 Å². The minimum Gasteiger partial charge on any atom is -0.354 e. The van der Waals surface area contributed by atoms with Crippen molar-refractivity contribution in [2.24, 2.45) is 11.8 Å². The third-order valence-corrected chi connectivity index (χ3v) is 6.06. The number of nitrogens with zero attached hydrogens (tertiary/aromatic N) is 2. The van der Waals surface area contributed by atoms with Crippen molar-refractivity contribution in [2.75, 3.05) is 32.7 Å². The van der Waals surface area contributed by atoms with Crippen LogP contribution in [0.4, 0.5) is 0 Å². The van der Waals surface area contributed by atoms with Crippen LogP contribution in [0.3, 0.4) is 0 Å². The molecular weight excluding hydrogens is 532 g/mol. The Kier molecular flexibility index (Phi) is 12.2. The molecule has 1 unspecified atom stereocenters. The lowest BCUT2D eigenvalue weighted by molar-refractivity contribution is -0.197. The molecule has 0 spiro atoms. The van der Waals surface area contributed by atoms with Crippen LogP contribution in [0, 0.1) is 11.8 Å². The number of hydrogen-bond donors (Lipinski definition) is 4. The molecule has 8 amide bonds. The van der Waals surface area contributed by atoms with Gasteiger partial charge in [-0.2, -0.15) is 0 Å². The van der Waals surface area contributed by atoms with Crippen LogP contribution in [0.15, 0.2) is 0 Å². The third kappa shape index (κ3) is 10.1. The van der Waals surface area contributed by atoms with Crippen LogP contribution in [-0.2, 0) is 48.0 Å². The Morgan fingerprint density at radius 2 is 1.30 bits per heavy atom. The van der Waals surface area contributed by atoms with E-state index in [1.54, 1.807) is 0 Å². The van der Waals surface area contributed by atoms with Crippen LogP contribution in [0.25, 0.3) is 0 Å².